The summed E-state index contributed by atoms with van der Waals surface area (Å²) < 4.78 is 0. The third kappa shape index (κ3) is 3.63. The SMILES string of the molecule is N[C@@H](CP(c1ccccc1)c1ccccc1)C(=O)O. The molecule has 0 saturated carbocycles. The summed E-state index contributed by atoms with van der Waals surface area (Å²) in [5.41, 5.74) is 5.71. The molecule has 2 aromatic rings. The Bertz CT molecular complexity index is 491. The molecule has 0 fully saturated rings. The van der Waals surface area contributed by atoms with Gasteiger partial charge in [-0.15, -0.1) is 0 Å². The number of rotatable bonds is 5. The van der Waals surface area contributed by atoms with Crippen LogP contribution in [0, 0.1) is 0 Å². The van der Waals surface area contributed by atoms with Gasteiger partial charge in [0.2, 0.25) is 0 Å². The van der Waals surface area contributed by atoms with Crippen molar-refractivity contribution < 1.29 is 9.90 Å². The molecule has 0 aliphatic rings. The maximum absolute atomic E-state index is 11.0. The molecule has 3 nitrogen and oxygen atoms in total. The Labute approximate surface area is 113 Å². The molecule has 0 spiro atoms. The number of hydrogen-bond acceptors (Lipinski definition) is 2. The molecule has 0 unspecified atom stereocenters. The highest BCUT2D eigenvalue weighted by atomic mass is 31.1. The van der Waals surface area contributed by atoms with Crippen LogP contribution < -0.4 is 16.3 Å². The van der Waals surface area contributed by atoms with E-state index in [9.17, 15) is 4.79 Å². The minimum Gasteiger partial charge on any atom is -0.480 e. The topological polar surface area (TPSA) is 63.3 Å². The highest BCUT2D eigenvalue weighted by Crippen LogP contribution is 2.33. The predicted octanol–water partition coefficient (Wildman–Crippen LogP) is 1.53. The van der Waals surface area contributed by atoms with Crippen molar-refractivity contribution in [3.05, 3.63) is 60.7 Å². The lowest BCUT2D eigenvalue weighted by atomic mass is 10.4. The lowest BCUT2D eigenvalue weighted by Gasteiger charge is -2.20. The molecule has 0 aromatic heterocycles. The Kier molecular flexibility index (Phi) is 4.67. The largest absolute Gasteiger partial charge is 0.480 e. The van der Waals surface area contributed by atoms with E-state index in [-0.39, 0.29) is 0 Å². The van der Waals surface area contributed by atoms with Crippen LogP contribution in [0.15, 0.2) is 60.7 Å². The summed E-state index contributed by atoms with van der Waals surface area (Å²) >= 11 is 0. The van der Waals surface area contributed by atoms with Gasteiger partial charge in [-0.25, -0.2) is 0 Å². The molecule has 4 heteroatoms. The maximum Gasteiger partial charge on any atom is 0.320 e. The Balaban J connectivity index is 2.32. The normalized spacial score (nSPS) is 12.3. The fraction of sp³-hybridized carbons (Fsp3) is 0.133. The fourth-order valence-corrected chi connectivity index (χ4v) is 4.18. The Morgan fingerprint density at radius 2 is 1.42 bits per heavy atom. The zero-order valence-electron chi connectivity index (χ0n) is 10.4. The maximum atomic E-state index is 11.0. The molecule has 1 atom stereocenters. The second-order valence-electron chi connectivity index (χ2n) is 4.23. The molecule has 3 N–H and O–H groups in total. The number of hydrogen-bond donors (Lipinski definition) is 2. The first kappa shape index (κ1) is 13.7. The summed E-state index contributed by atoms with van der Waals surface area (Å²) in [6, 6.07) is 19.1. The van der Waals surface area contributed by atoms with Gasteiger partial charge in [0.15, 0.2) is 0 Å². The van der Waals surface area contributed by atoms with Gasteiger partial charge < -0.3 is 10.8 Å². The number of aliphatic carboxylic acids is 1. The average Bonchev–Trinajstić information content (AvgIpc) is 2.46. The molecular formula is C15H16NO2P. The van der Waals surface area contributed by atoms with Crippen molar-refractivity contribution in [2.24, 2.45) is 5.73 Å². The summed E-state index contributed by atoms with van der Waals surface area (Å²) in [6.07, 6.45) is 0.457. The van der Waals surface area contributed by atoms with Crippen molar-refractivity contribution in [2.45, 2.75) is 6.04 Å². The van der Waals surface area contributed by atoms with Crippen LogP contribution in [0.4, 0.5) is 0 Å². The molecule has 0 amide bonds. The lowest BCUT2D eigenvalue weighted by molar-refractivity contribution is -0.137. The van der Waals surface area contributed by atoms with Crippen LogP contribution in [0.25, 0.3) is 0 Å². The first-order chi connectivity index (χ1) is 9.18. The molecule has 0 bridgehead atoms. The van der Waals surface area contributed by atoms with Gasteiger partial charge in [0.05, 0.1) is 0 Å². The van der Waals surface area contributed by atoms with Gasteiger partial charge in [-0.1, -0.05) is 60.7 Å². The Morgan fingerprint density at radius 3 is 1.79 bits per heavy atom. The van der Waals surface area contributed by atoms with Crippen molar-refractivity contribution in [1.29, 1.82) is 0 Å². The second kappa shape index (κ2) is 6.46. The Hall–Kier alpha value is -1.70. The molecule has 98 valence electrons. The monoisotopic (exact) mass is 273 g/mol. The molecule has 2 rings (SSSR count). The molecule has 0 radical (unpaired) electrons. The van der Waals surface area contributed by atoms with Gasteiger partial charge >= 0.3 is 5.97 Å². The number of carboxylic acid groups (broad SMARTS) is 1. The van der Waals surface area contributed by atoms with Gasteiger partial charge in [0, 0.05) is 6.16 Å². The van der Waals surface area contributed by atoms with Gasteiger partial charge in [-0.2, -0.15) is 0 Å². The Morgan fingerprint density at radius 1 is 1.00 bits per heavy atom. The van der Waals surface area contributed by atoms with E-state index in [1.54, 1.807) is 0 Å². The van der Waals surface area contributed by atoms with Crippen LogP contribution >= 0.6 is 7.92 Å². The highest BCUT2D eigenvalue weighted by molar-refractivity contribution is 7.73. The highest BCUT2D eigenvalue weighted by Gasteiger charge is 2.21. The summed E-state index contributed by atoms with van der Waals surface area (Å²) in [4.78, 5) is 11.0. The molecule has 0 aliphatic carbocycles. The van der Waals surface area contributed by atoms with E-state index >= 15 is 0 Å². The third-order valence-corrected chi connectivity index (χ3v) is 5.43. The van der Waals surface area contributed by atoms with Crippen molar-refractivity contribution in [3.63, 3.8) is 0 Å². The van der Waals surface area contributed by atoms with Gasteiger partial charge in [0.25, 0.3) is 0 Å². The molecule has 0 heterocycles. The lowest BCUT2D eigenvalue weighted by Crippen LogP contribution is -2.35. The van der Waals surface area contributed by atoms with E-state index in [1.165, 1.54) is 0 Å². The minimum absolute atomic E-state index is 0.457. The quantitative estimate of drug-likeness (QED) is 0.812. The second-order valence-corrected chi connectivity index (χ2v) is 6.48. The first-order valence-corrected chi connectivity index (χ1v) is 7.57. The number of carboxylic acids is 1. The van der Waals surface area contributed by atoms with Crippen LogP contribution in [0.1, 0.15) is 0 Å². The standard InChI is InChI=1S/C15H16NO2P/c16-14(15(17)18)11-19(12-7-3-1-4-8-12)13-9-5-2-6-10-13/h1-10,14H,11,16H2,(H,17,18)/t14-/m0/s1. The van der Waals surface area contributed by atoms with E-state index in [0.717, 1.165) is 10.6 Å². The van der Waals surface area contributed by atoms with E-state index in [4.69, 9.17) is 10.8 Å². The summed E-state index contributed by atoms with van der Waals surface area (Å²) in [5.74, 6) is -0.945. The van der Waals surface area contributed by atoms with E-state index in [2.05, 4.69) is 0 Å². The summed E-state index contributed by atoms with van der Waals surface area (Å²) in [5, 5.41) is 11.3. The molecular weight excluding hydrogens is 257 g/mol. The zero-order chi connectivity index (χ0) is 13.7. The van der Waals surface area contributed by atoms with Gasteiger partial charge in [0.1, 0.15) is 6.04 Å². The smallest absolute Gasteiger partial charge is 0.320 e. The van der Waals surface area contributed by atoms with Crippen LogP contribution in [0.5, 0.6) is 0 Å². The van der Waals surface area contributed by atoms with E-state index in [1.807, 2.05) is 60.7 Å². The van der Waals surface area contributed by atoms with Crippen molar-refractivity contribution in [3.8, 4) is 0 Å². The van der Waals surface area contributed by atoms with Crippen LogP contribution in [-0.2, 0) is 4.79 Å². The first-order valence-electron chi connectivity index (χ1n) is 6.04. The molecule has 0 saturated heterocycles. The molecule has 0 aliphatic heterocycles. The molecule has 19 heavy (non-hydrogen) atoms. The number of carbonyl (C=O) groups is 1. The van der Waals surface area contributed by atoms with E-state index in [0.29, 0.717) is 6.16 Å². The minimum atomic E-state index is -0.945. The average molecular weight is 273 g/mol. The van der Waals surface area contributed by atoms with Crippen molar-refractivity contribution >= 4 is 24.5 Å². The summed E-state index contributed by atoms with van der Waals surface area (Å²) in [7, 11) is -0.729. The zero-order valence-corrected chi connectivity index (χ0v) is 11.3. The van der Waals surface area contributed by atoms with Crippen LogP contribution in [-0.4, -0.2) is 23.3 Å². The molecule has 2 aromatic carbocycles. The number of nitrogens with two attached hydrogens (primary N) is 1. The fourth-order valence-electron chi connectivity index (χ4n) is 1.85. The van der Waals surface area contributed by atoms with Crippen LogP contribution in [0.2, 0.25) is 0 Å². The summed E-state index contributed by atoms with van der Waals surface area (Å²) in [6.45, 7) is 0. The van der Waals surface area contributed by atoms with Gasteiger partial charge in [-0.05, 0) is 18.5 Å². The number of benzene rings is 2. The third-order valence-electron chi connectivity index (χ3n) is 2.83. The van der Waals surface area contributed by atoms with Gasteiger partial charge in [-0.3, -0.25) is 4.79 Å². The van der Waals surface area contributed by atoms with Crippen molar-refractivity contribution in [1.82, 2.24) is 0 Å². The van der Waals surface area contributed by atoms with Crippen molar-refractivity contribution in [2.75, 3.05) is 6.16 Å². The predicted molar refractivity (Wildman–Crippen MR) is 79.6 cm³/mol. The van der Waals surface area contributed by atoms with E-state index < -0.39 is 19.9 Å². The van der Waals surface area contributed by atoms with Crippen LogP contribution in [0.3, 0.4) is 0 Å².